The largest absolute Gasteiger partial charge is 0.493 e. The monoisotopic (exact) mass is 386 g/mol. The lowest BCUT2D eigenvalue weighted by molar-refractivity contribution is -0.115. The highest BCUT2D eigenvalue weighted by molar-refractivity contribution is 8.01. The zero-order valence-corrected chi connectivity index (χ0v) is 16.1. The van der Waals surface area contributed by atoms with Crippen LogP contribution in [0.5, 0.6) is 11.5 Å². The van der Waals surface area contributed by atoms with Gasteiger partial charge in [0.15, 0.2) is 11.5 Å². The molecule has 0 spiro atoms. The molecule has 0 bridgehead atoms. The van der Waals surface area contributed by atoms with Gasteiger partial charge in [0.2, 0.25) is 11.8 Å². The minimum absolute atomic E-state index is 0.0520. The second kappa shape index (κ2) is 8.81. The fraction of sp³-hybridized carbons (Fsp3) is 0.300. The molecule has 0 aromatic heterocycles. The van der Waals surface area contributed by atoms with Crippen molar-refractivity contribution in [3.63, 3.8) is 0 Å². The van der Waals surface area contributed by atoms with Gasteiger partial charge in [-0.2, -0.15) is 0 Å². The van der Waals surface area contributed by atoms with Gasteiger partial charge in [0.05, 0.1) is 25.2 Å². The summed E-state index contributed by atoms with van der Waals surface area (Å²) in [5.41, 5.74) is 2.61. The molecule has 2 aromatic carbocycles. The van der Waals surface area contributed by atoms with Crippen molar-refractivity contribution >= 4 is 35.0 Å². The van der Waals surface area contributed by atoms with Gasteiger partial charge in [-0.15, -0.1) is 11.8 Å². The van der Waals surface area contributed by atoms with Gasteiger partial charge in [0.1, 0.15) is 0 Å². The minimum atomic E-state index is -0.256. The molecule has 0 saturated carbocycles. The number of hydrogen-bond donors (Lipinski definition) is 2. The van der Waals surface area contributed by atoms with Gasteiger partial charge in [0, 0.05) is 17.4 Å². The van der Waals surface area contributed by atoms with E-state index in [4.69, 9.17) is 9.47 Å². The van der Waals surface area contributed by atoms with Crippen LogP contribution >= 0.6 is 11.8 Å². The number of benzene rings is 2. The Kier molecular flexibility index (Phi) is 6.24. The number of para-hydroxylation sites is 1. The molecule has 1 atom stereocenters. The Hall–Kier alpha value is -2.67. The maximum absolute atomic E-state index is 12.4. The van der Waals surface area contributed by atoms with Crippen LogP contribution in [-0.4, -0.2) is 37.0 Å². The molecule has 2 aromatic rings. The number of anilines is 2. The molecular formula is C20H22N2O4S. The van der Waals surface area contributed by atoms with E-state index in [1.54, 1.807) is 32.4 Å². The Morgan fingerprint density at radius 3 is 2.74 bits per heavy atom. The summed E-state index contributed by atoms with van der Waals surface area (Å²) in [6.45, 7) is 0. The summed E-state index contributed by atoms with van der Waals surface area (Å²) < 4.78 is 10.4. The molecule has 142 valence electrons. The average Bonchev–Trinajstić information content (AvgIpc) is 2.84. The lowest BCUT2D eigenvalue weighted by Gasteiger charge is -2.13. The van der Waals surface area contributed by atoms with E-state index in [1.807, 2.05) is 24.3 Å². The second-order valence-corrected chi connectivity index (χ2v) is 7.29. The molecule has 2 amide bonds. The van der Waals surface area contributed by atoms with E-state index in [1.165, 1.54) is 11.8 Å². The number of methoxy groups -OCH3 is 2. The summed E-state index contributed by atoms with van der Waals surface area (Å²) in [5, 5.41) is 5.52. The molecule has 6 nitrogen and oxygen atoms in total. The molecular weight excluding hydrogens is 364 g/mol. The van der Waals surface area contributed by atoms with E-state index in [-0.39, 0.29) is 22.8 Å². The van der Waals surface area contributed by atoms with Crippen LogP contribution in [0.2, 0.25) is 0 Å². The Bertz CT molecular complexity index is 840. The Morgan fingerprint density at radius 2 is 1.96 bits per heavy atom. The summed E-state index contributed by atoms with van der Waals surface area (Å²) >= 11 is 1.35. The number of amides is 2. The normalized spacial score (nSPS) is 15.9. The number of fused-ring (bicyclic) bond motifs is 1. The zero-order chi connectivity index (χ0) is 19.2. The van der Waals surface area contributed by atoms with Crippen molar-refractivity contribution in [1.82, 2.24) is 0 Å². The van der Waals surface area contributed by atoms with E-state index in [0.29, 0.717) is 23.6 Å². The van der Waals surface area contributed by atoms with Gasteiger partial charge >= 0.3 is 0 Å². The first kappa shape index (κ1) is 19.1. The van der Waals surface area contributed by atoms with Crippen molar-refractivity contribution in [3.8, 4) is 11.5 Å². The Morgan fingerprint density at radius 1 is 1.19 bits per heavy atom. The van der Waals surface area contributed by atoms with Crippen LogP contribution in [0.3, 0.4) is 0 Å². The number of rotatable bonds is 6. The SMILES string of the molecule is COc1ccc(NC(=O)CS[C@@H]2CCc3ccccc3NC2=O)cc1OC. The fourth-order valence-electron chi connectivity index (χ4n) is 2.94. The molecule has 3 rings (SSSR count). The number of ether oxygens (including phenoxy) is 2. The fourth-order valence-corrected chi connectivity index (χ4v) is 3.86. The molecule has 1 heterocycles. The van der Waals surface area contributed by atoms with Crippen molar-refractivity contribution < 1.29 is 19.1 Å². The van der Waals surface area contributed by atoms with E-state index >= 15 is 0 Å². The number of nitrogens with one attached hydrogen (secondary N) is 2. The topological polar surface area (TPSA) is 76.7 Å². The molecule has 2 N–H and O–H groups in total. The van der Waals surface area contributed by atoms with Gasteiger partial charge in [-0.05, 0) is 36.6 Å². The number of carbonyl (C=O) groups excluding carboxylic acids is 2. The summed E-state index contributed by atoms with van der Waals surface area (Å²) in [4.78, 5) is 24.7. The molecule has 0 radical (unpaired) electrons. The minimum Gasteiger partial charge on any atom is -0.493 e. The predicted octanol–water partition coefficient (Wildman–Crippen LogP) is 3.33. The number of carbonyl (C=O) groups is 2. The number of aryl methyl sites for hydroxylation is 1. The quantitative estimate of drug-likeness (QED) is 0.796. The lowest BCUT2D eigenvalue weighted by Crippen LogP contribution is -2.26. The summed E-state index contributed by atoms with van der Waals surface area (Å²) in [6.07, 6.45) is 1.51. The van der Waals surface area contributed by atoms with Crippen LogP contribution in [0.4, 0.5) is 11.4 Å². The van der Waals surface area contributed by atoms with Crippen LogP contribution in [-0.2, 0) is 16.0 Å². The summed E-state index contributed by atoms with van der Waals surface area (Å²) in [7, 11) is 3.10. The van der Waals surface area contributed by atoms with Crippen molar-refractivity contribution in [1.29, 1.82) is 0 Å². The molecule has 1 aliphatic rings. The molecule has 1 aliphatic heterocycles. The van der Waals surface area contributed by atoms with E-state index in [2.05, 4.69) is 10.6 Å². The average molecular weight is 386 g/mol. The number of thioether (sulfide) groups is 1. The molecule has 0 saturated heterocycles. The third kappa shape index (κ3) is 4.74. The van der Waals surface area contributed by atoms with Gasteiger partial charge < -0.3 is 20.1 Å². The highest BCUT2D eigenvalue weighted by Crippen LogP contribution is 2.30. The highest BCUT2D eigenvalue weighted by Gasteiger charge is 2.24. The maximum Gasteiger partial charge on any atom is 0.237 e. The highest BCUT2D eigenvalue weighted by atomic mass is 32.2. The van der Waals surface area contributed by atoms with E-state index < -0.39 is 0 Å². The lowest BCUT2D eigenvalue weighted by atomic mass is 10.1. The van der Waals surface area contributed by atoms with Crippen molar-refractivity contribution in [2.75, 3.05) is 30.6 Å². The van der Waals surface area contributed by atoms with Crippen molar-refractivity contribution in [3.05, 3.63) is 48.0 Å². The van der Waals surface area contributed by atoms with Crippen LogP contribution in [0.25, 0.3) is 0 Å². The Labute approximate surface area is 162 Å². The number of hydrogen-bond acceptors (Lipinski definition) is 5. The maximum atomic E-state index is 12.4. The molecule has 0 fully saturated rings. The smallest absolute Gasteiger partial charge is 0.237 e. The predicted molar refractivity (Wildman–Crippen MR) is 108 cm³/mol. The van der Waals surface area contributed by atoms with Gasteiger partial charge in [-0.25, -0.2) is 0 Å². The molecule has 7 heteroatoms. The first-order valence-corrected chi connectivity index (χ1v) is 9.68. The van der Waals surface area contributed by atoms with Crippen molar-refractivity contribution in [2.45, 2.75) is 18.1 Å². The first-order chi connectivity index (χ1) is 13.1. The van der Waals surface area contributed by atoms with Crippen LogP contribution in [0.15, 0.2) is 42.5 Å². The standard InChI is InChI=1S/C20H22N2O4S/c1-25-16-9-8-14(11-17(16)26-2)21-19(23)12-27-18-10-7-13-5-3-4-6-15(13)22-20(18)24/h3-6,8-9,11,18H,7,10,12H2,1-2H3,(H,21,23)(H,22,24)/t18-/m1/s1. The van der Waals surface area contributed by atoms with Crippen molar-refractivity contribution in [2.24, 2.45) is 0 Å². The summed E-state index contributed by atoms with van der Waals surface area (Å²) in [5.74, 6) is 1.12. The Balaban J connectivity index is 1.56. The van der Waals surface area contributed by atoms with E-state index in [9.17, 15) is 9.59 Å². The summed E-state index contributed by atoms with van der Waals surface area (Å²) in [6, 6.07) is 13.0. The van der Waals surface area contributed by atoms with E-state index in [0.717, 1.165) is 17.7 Å². The van der Waals surface area contributed by atoms with Gasteiger partial charge in [-0.3, -0.25) is 9.59 Å². The second-order valence-electron chi connectivity index (χ2n) is 6.10. The first-order valence-electron chi connectivity index (χ1n) is 8.63. The molecule has 0 aliphatic carbocycles. The van der Waals surface area contributed by atoms with Gasteiger partial charge in [0.25, 0.3) is 0 Å². The van der Waals surface area contributed by atoms with Crippen LogP contribution in [0.1, 0.15) is 12.0 Å². The zero-order valence-electron chi connectivity index (χ0n) is 15.3. The molecule has 27 heavy (non-hydrogen) atoms. The van der Waals surface area contributed by atoms with Gasteiger partial charge in [-0.1, -0.05) is 18.2 Å². The third-order valence-corrected chi connectivity index (χ3v) is 5.61. The van der Waals surface area contributed by atoms with Crippen LogP contribution in [0, 0.1) is 0 Å². The third-order valence-electron chi connectivity index (χ3n) is 4.33. The van der Waals surface area contributed by atoms with Crippen LogP contribution < -0.4 is 20.1 Å². The molecule has 0 unspecified atom stereocenters.